The molecule has 1 N–H and O–H groups in total. The van der Waals surface area contributed by atoms with Crippen LogP contribution in [0.1, 0.15) is 23.2 Å². The molecule has 3 nitrogen and oxygen atoms in total. The maximum Gasteiger partial charge on any atom is 0.220 e. The summed E-state index contributed by atoms with van der Waals surface area (Å²) in [5.74, 6) is 0.0752. The van der Waals surface area contributed by atoms with Crippen LogP contribution in [0.15, 0.2) is 35.2 Å². The molecule has 1 amide bonds. The lowest BCUT2D eigenvalue weighted by Gasteiger charge is -2.07. The summed E-state index contributed by atoms with van der Waals surface area (Å²) in [6.45, 7) is 2.65. The van der Waals surface area contributed by atoms with E-state index in [1.807, 2.05) is 23.6 Å². The van der Waals surface area contributed by atoms with E-state index in [1.54, 1.807) is 16.8 Å². The topological polar surface area (TPSA) is 42.0 Å². The summed E-state index contributed by atoms with van der Waals surface area (Å²) in [5.41, 5.74) is 5.16. The summed E-state index contributed by atoms with van der Waals surface area (Å²) in [7, 11) is 0. The van der Waals surface area contributed by atoms with Crippen molar-refractivity contribution in [3.8, 4) is 0 Å². The maximum absolute atomic E-state index is 11.7. The van der Waals surface area contributed by atoms with Crippen molar-refractivity contribution >= 4 is 17.2 Å². The Morgan fingerprint density at radius 1 is 1.39 bits per heavy atom. The van der Waals surface area contributed by atoms with E-state index in [1.165, 1.54) is 11.1 Å². The lowest BCUT2D eigenvalue weighted by Crippen LogP contribution is -2.23. The van der Waals surface area contributed by atoms with Crippen molar-refractivity contribution in [2.24, 2.45) is 0 Å². The van der Waals surface area contributed by atoms with E-state index in [0.717, 1.165) is 5.69 Å². The molecule has 18 heavy (non-hydrogen) atoms. The summed E-state index contributed by atoms with van der Waals surface area (Å²) in [6, 6.07) is 8.08. The number of thiazole rings is 1. The van der Waals surface area contributed by atoms with Crippen LogP contribution in [0.2, 0.25) is 0 Å². The number of carbonyl (C=O) groups is 1. The fraction of sp³-hybridized carbons (Fsp3) is 0.286. The highest BCUT2D eigenvalue weighted by Gasteiger charge is 2.04. The zero-order chi connectivity index (χ0) is 12.8. The van der Waals surface area contributed by atoms with Gasteiger partial charge in [-0.05, 0) is 24.5 Å². The van der Waals surface area contributed by atoms with Crippen molar-refractivity contribution in [1.82, 2.24) is 10.3 Å². The van der Waals surface area contributed by atoms with Gasteiger partial charge >= 0.3 is 0 Å². The molecule has 0 fully saturated rings. The first-order chi connectivity index (χ1) is 8.75. The number of hydrogen-bond acceptors (Lipinski definition) is 3. The smallest absolute Gasteiger partial charge is 0.220 e. The fourth-order valence-corrected chi connectivity index (χ4v) is 2.29. The first kappa shape index (κ1) is 12.8. The molecule has 0 aliphatic rings. The molecule has 94 valence electrons. The van der Waals surface area contributed by atoms with Crippen molar-refractivity contribution in [2.45, 2.75) is 26.3 Å². The van der Waals surface area contributed by atoms with Crippen LogP contribution in [0.5, 0.6) is 0 Å². The summed E-state index contributed by atoms with van der Waals surface area (Å²) in [4.78, 5) is 15.8. The van der Waals surface area contributed by atoms with E-state index in [0.29, 0.717) is 19.4 Å². The summed E-state index contributed by atoms with van der Waals surface area (Å²) < 4.78 is 0. The van der Waals surface area contributed by atoms with Crippen LogP contribution in [-0.4, -0.2) is 10.9 Å². The Morgan fingerprint density at radius 3 is 2.94 bits per heavy atom. The SMILES string of the molecule is Cc1ccccc1CNC(=O)CCc1cscn1. The first-order valence-corrected chi connectivity index (χ1v) is 6.88. The summed E-state index contributed by atoms with van der Waals surface area (Å²) in [6.07, 6.45) is 1.21. The third-order valence-electron chi connectivity index (χ3n) is 2.83. The van der Waals surface area contributed by atoms with Crippen LogP contribution in [0.3, 0.4) is 0 Å². The Balaban J connectivity index is 1.77. The Hall–Kier alpha value is -1.68. The fourth-order valence-electron chi connectivity index (χ4n) is 1.69. The molecule has 4 heteroatoms. The molecule has 1 heterocycles. The Bertz CT molecular complexity index is 508. The highest BCUT2D eigenvalue weighted by Crippen LogP contribution is 2.07. The minimum Gasteiger partial charge on any atom is -0.352 e. The molecule has 0 radical (unpaired) electrons. The van der Waals surface area contributed by atoms with Gasteiger partial charge in [-0.3, -0.25) is 4.79 Å². The highest BCUT2D eigenvalue weighted by molar-refractivity contribution is 7.07. The first-order valence-electron chi connectivity index (χ1n) is 5.94. The zero-order valence-electron chi connectivity index (χ0n) is 10.3. The second-order valence-corrected chi connectivity index (χ2v) is 4.90. The lowest BCUT2D eigenvalue weighted by molar-refractivity contribution is -0.121. The Morgan fingerprint density at radius 2 is 2.22 bits per heavy atom. The number of carbonyl (C=O) groups excluding carboxylic acids is 1. The van der Waals surface area contributed by atoms with Gasteiger partial charge in [0.2, 0.25) is 5.91 Å². The van der Waals surface area contributed by atoms with Crippen molar-refractivity contribution in [1.29, 1.82) is 0 Å². The van der Waals surface area contributed by atoms with Crippen molar-refractivity contribution in [3.63, 3.8) is 0 Å². The molecule has 0 saturated heterocycles. The standard InChI is InChI=1S/C14H16N2OS/c1-11-4-2-3-5-12(11)8-15-14(17)7-6-13-9-18-10-16-13/h2-5,9-10H,6-8H2,1H3,(H,15,17). The van der Waals surface area contributed by atoms with Gasteiger partial charge in [-0.2, -0.15) is 0 Å². The van der Waals surface area contributed by atoms with Gasteiger partial charge in [0.15, 0.2) is 0 Å². The van der Waals surface area contributed by atoms with Gasteiger partial charge in [0.1, 0.15) is 0 Å². The lowest BCUT2D eigenvalue weighted by atomic mass is 10.1. The third kappa shape index (κ3) is 3.67. The predicted molar refractivity (Wildman–Crippen MR) is 73.5 cm³/mol. The number of nitrogens with zero attached hydrogens (tertiary/aromatic N) is 1. The number of amides is 1. The molecule has 0 unspecified atom stereocenters. The molecular weight excluding hydrogens is 244 g/mol. The number of nitrogens with one attached hydrogen (secondary N) is 1. The highest BCUT2D eigenvalue weighted by atomic mass is 32.1. The van der Waals surface area contributed by atoms with E-state index >= 15 is 0 Å². The number of benzene rings is 1. The average molecular weight is 260 g/mol. The molecule has 2 rings (SSSR count). The molecule has 2 aromatic rings. The number of rotatable bonds is 5. The molecule has 1 aromatic carbocycles. The van der Waals surface area contributed by atoms with E-state index in [9.17, 15) is 4.79 Å². The predicted octanol–water partition coefficient (Wildman–Crippen LogP) is 2.70. The van der Waals surface area contributed by atoms with Gasteiger partial charge in [0, 0.05) is 18.3 Å². The molecular formula is C14H16N2OS. The third-order valence-corrected chi connectivity index (χ3v) is 3.46. The van der Waals surface area contributed by atoms with Gasteiger partial charge in [0.25, 0.3) is 0 Å². The number of aromatic nitrogens is 1. The van der Waals surface area contributed by atoms with Crippen LogP contribution >= 0.6 is 11.3 Å². The normalized spacial score (nSPS) is 10.3. The van der Waals surface area contributed by atoms with Crippen LogP contribution < -0.4 is 5.32 Å². The quantitative estimate of drug-likeness (QED) is 0.898. The second kappa shape index (κ2) is 6.31. The minimum absolute atomic E-state index is 0.0752. The van der Waals surface area contributed by atoms with E-state index in [2.05, 4.69) is 23.3 Å². The van der Waals surface area contributed by atoms with E-state index in [4.69, 9.17) is 0 Å². The largest absolute Gasteiger partial charge is 0.352 e. The second-order valence-electron chi connectivity index (χ2n) is 4.18. The van der Waals surface area contributed by atoms with Crippen LogP contribution in [0, 0.1) is 6.92 Å². The Labute approximate surface area is 111 Å². The Kier molecular flexibility index (Phi) is 4.47. The average Bonchev–Trinajstić information content (AvgIpc) is 2.88. The zero-order valence-corrected chi connectivity index (χ0v) is 11.2. The molecule has 0 aliphatic heterocycles. The molecule has 1 aromatic heterocycles. The molecule has 0 atom stereocenters. The summed E-state index contributed by atoms with van der Waals surface area (Å²) >= 11 is 1.56. The van der Waals surface area contributed by atoms with Crippen molar-refractivity contribution in [2.75, 3.05) is 0 Å². The minimum atomic E-state index is 0.0752. The monoisotopic (exact) mass is 260 g/mol. The van der Waals surface area contributed by atoms with Crippen molar-refractivity contribution < 1.29 is 4.79 Å². The van der Waals surface area contributed by atoms with Crippen LogP contribution in [0.25, 0.3) is 0 Å². The van der Waals surface area contributed by atoms with Crippen molar-refractivity contribution in [3.05, 3.63) is 52.0 Å². The van der Waals surface area contributed by atoms with E-state index < -0.39 is 0 Å². The summed E-state index contributed by atoms with van der Waals surface area (Å²) in [5, 5.41) is 4.92. The van der Waals surface area contributed by atoms with Gasteiger partial charge in [-0.15, -0.1) is 11.3 Å². The molecule has 0 bridgehead atoms. The van der Waals surface area contributed by atoms with Gasteiger partial charge in [-0.25, -0.2) is 4.98 Å². The molecule has 0 saturated carbocycles. The van der Waals surface area contributed by atoms with E-state index in [-0.39, 0.29) is 5.91 Å². The van der Waals surface area contributed by atoms with Gasteiger partial charge in [-0.1, -0.05) is 24.3 Å². The molecule has 0 aliphatic carbocycles. The molecule has 0 spiro atoms. The van der Waals surface area contributed by atoms with Crippen LogP contribution in [-0.2, 0) is 17.8 Å². The van der Waals surface area contributed by atoms with Gasteiger partial charge < -0.3 is 5.32 Å². The van der Waals surface area contributed by atoms with Gasteiger partial charge in [0.05, 0.1) is 11.2 Å². The maximum atomic E-state index is 11.7. The number of aryl methyl sites for hydroxylation is 2. The van der Waals surface area contributed by atoms with Crippen LogP contribution in [0.4, 0.5) is 0 Å². The number of hydrogen-bond donors (Lipinski definition) is 1.